The fraction of sp³-hybridized carbons (Fsp3) is 0.0526. The summed E-state index contributed by atoms with van der Waals surface area (Å²) in [7, 11) is -3.88. The van der Waals surface area contributed by atoms with Crippen molar-refractivity contribution in [3.63, 3.8) is 0 Å². The average molecular weight is 417 g/mol. The highest BCUT2D eigenvalue weighted by Gasteiger charge is 2.19. The van der Waals surface area contributed by atoms with Crippen LogP contribution in [0, 0.1) is 5.82 Å². The van der Waals surface area contributed by atoms with Crippen molar-refractivity contribution in [1.82, 2.24) is 14.8 Å². The molecule has 4 rings (SSSR count). The summed E-state index contributed by atoms with van der Waals surface area (Å²) in [5, 5.41) is 5.08. The summed E-state index contributed by atoms with van der Waals surface area (Å²) >= 11 is 6.03. The van der Waals surface area contributed by atoms with Gasteiger partial charge in [-0.2, -0.15) is 5.10 Å². The Bertz CT molecular complexity index is 1250. The van der Waals surface area contributed by atoms with Crippen LogP contribution in [0.2, 0.25) is 5.02 Å². The zero-order valence-electron chi connectivity index (χ0n) is 14.4. The molecule has 0 amide bonds. The van der Waals surface area contributed by atoms with Gasteiger partial charge in [0.15, 0.2) is 0 Å². The van der Waals surface area contributed by atoms with Crippen molar-refractivity contribution in [2.45, 2.75) is 11.4 Å². The van der Waals surface area contributed by atoms with Gasteiger partial charge >= 0.3 is 0 Å². The molecule has 0 bridgehead atoms. The minimum absolute atomic E-state index is 0.0653. The summed E-state index contributed by atoms with van der Waals surface area (Å²) in [6.45, 7) is 0.0725. The second-order valence-electron chi connectivity index (χ2n) is 6.06. The van der Waals surface area contributed by atoms with Gasteiger partial charge in [0, 0.05) is 28.4 Å². The average Bonchev–Trinajstić information content (AvgIpc) is 3.10. The number of fused-ring (bicyclic) bond motifs is 1. The first-order valence-corrected chi connectivity index (χ1v) is 10.1. The van der Waals surface area contributed by atoms with Crippen molar-refractivity contribution in [1.29, 1.82) is 0 Å². The first-order valence-electron chi connectivity index (χ1n) is 8.26. The molecular formula is C19H14ClFN4O2S. The molecule has 0 fully saturated rings. The zero-order chi connectivity index (χ0) is 19.7. The van der Waals surface area contributed by atoms with Gasteiger partial charge in [-0.15, -0.1) is 0 Å². The lowest BCUT2D eigenvalue weighted by Crippen LogP contribution is -2.13. The van der Waals surface area contributed by atoms with E-state index < -0.39 is 15.8 Å². The van der Waals surface area contributed by atoms with Gasteiger partial charge in [-0.3, -0.25) is 14.4 Å². The molecule has 0 aliphatic carbocycles. The Morgan fingerprint density at radius 2 is 1.89 bits per heavy atom. The molecule has 0 saturated heterocycles. The number of rotatable bonds is 5. The number of hydrogen-bond donors (Lipinski definition) is 1. The fourth-order valence-electron chi connectivity index (χ4n) is 2.85. The summed E-state index contributed by atoms with van der Waals surface area (Å²) in [6, 6.07) is 12.9. The number of sulfonamides is 1. The molecule has 4 aromatic rings. The Hall–Kier alpha value is -2.97. The van der Waals surface area contributed by atoms with E-state index in [2.05, 4.69) is 14.8 Å². The minimum atomic E-state index is -3.88. The Kier molecular flexibility index (Phi) is 4.74. The van der Waals surface area contributed by atoms with Crippen molar-refractivity contribution in [2.24, 2.45) is 0 Å². The quantitative estimate of drug-likeness (QED) is 0.532. The number of halogens is 2. The number of nitrogens with zero attached hydrogens (tertiary/aromatic N) is 3. The van der Waals surface area contributed by atoms with E-state index in [1.54, 1.807) is 30.3 Å². The number of nitrogens with one attached hydrogen (secondary N) is 1. The van der Waals surface area contributed by atoms with Gasteiger partial charge in [0.05, 0.1) is 23.9 Å². The third-order valence-electron chi connectivity index (χ3n) is 4.15. The molecular weight excluding hydrogens is 403 g/mol. The molecule has 2 aromatic heterocycles. The lowest BCUT2D eigenvalue weighted by Gasteiger charge is -2.08. The van der Waals surface area contributed by atoms with E-state index in [0.29, 0.717) is 5.52 Å². The highest BCUT2D eigenvalue weighted by Crippen LogP contribution is 2.24. The molecule has 9 heteroatoms. The van der Waals surface area contributed by atoms with Crippen LogP contribution in [0.1, 0.15) is 5.56 Å². The van der Waals surface area contributed by atoms with Crippen LogP contribution >= 0.6 is 11.6 Å². The van der Waals surface area contributed by atoms with E-state index in [0.717, 1.165) is 5.39 Å². The first kappa shape index (κ1) is 18.4. The summed E-state index contributed by atoms with van der Waals surface area (Å²) < 4.78 is 43.5. The van der Waals surface area contributed by atoms with Gasteiger partial charge in [0.2, 0.25) is 0 Å². The molecule has 6 nitrogen and oxygen atoms in total. The second kappa shape index (κ2) is 7.21. The number of hydrogen-bond acceptors (Lipinski definition) is 4. The molecule has 0 unspecified atom stereocenters. The van der Waals surface area contributed by atoms with Crippen molar-refractivity contribution in [2.75, 3.05) is 4.72 Å². The summed E-state index contributed by atoms with van der Waals surface area (Å²) in [5.41, 5.74) is 0.906. The first-order chi connectivity index (χ1) is 13.4. The number of benzene rings is 2. The highest BCUT2D eigenvalue weighted by atomic mass is 35.5. The van der Waals surface area contributed by atoms with Crippen LogP contribution in [0.5, 0.6) is 0 Å². The third kappa shape index (κ3) is 3.56. The van der Waals surface area contributed by atoms with E-state index in [9.17, 15) is 12.8 Å². The molecule has 0 aliphatic rings. The van der Waals surface area contributed by atoms with Gasteiger partial charge in [-0.25, -0.2) is 12.8 Å². The standard InChI is InChI=1S/C19H14ClFN4O2S/c20-16-6-2-7-17(21)15(16)12-25-11-14(10-23-25)24-28(26,27)18-8-1-4-13-5-3-9-22-19(13)18/h1-11,24H,12H2. The predicted molar refractivity (Wildman–Crippen MR) is 105 cm³/mol. The molecule has 2 heterocycles. The molecule has 0 spiro atoms. The van der Waals surface area contributed by atoms with Crippen LogP contribution in [0.25, 0.3) is 10.9 Å². The molecule has 2 aromatic carbocycles. The topological polar surface area (TPSA) is 76.9 Å². The summed E-state index contributed by atoms with van der Waals surface area (Å²) in [4.78, 5) is 4.24. The Labute approximate surface area is 165 Å². The van der Waals surface area contributed by atoms with E-state index >= 15 is 0 Å². The van der Waals surface area contributed by atoms with Crippen molar-refractivity contribution >= 4 is 38.2 Å². The fourth-order valence-corrected chi connectivity index (χ4v) is 4.28. The number of aromatic nitrogens is 3. The number of para-hydroxylation sites is 1. The van der Waals surface area contributed by atoms with Gasteiger partial charge in [0.1, 0.15) is 10.7 Å². The maximum absolute atomic E-state index is 13.9. The van der Waals surface area contributed by atoms with Gasteiger partial charge in [-0.05, 0) is 24.3 Å². The third-order valence-corrected chi connectivity index (χ3v) is 5.92. The van der Waals surface area contributed by atoms with Gasteiger partial charge < -0.3 is 0 Å². The molecule has 0 saturated carbocycles. The van der Waals surface area contributed by atoms with Crippen molar-refractivity contribution in [3.05, 3.63) is 83.5 Å². The van der Waals surface area contributed by atoms with E-state index in [-0.39, 0.29) is 27.7 Å². The van der Waals surface area contributed by atoms with Crippen LogP contribution in [0.3, 0.4) is 0 Å². The smallest absolute Gasteiger partial charge is 0.264 e. The summed E-state index contributed by atoms with van der Waals surface area (Å²) in [5.74, 6) is -0.452. The van der Waals surface area contributed by atoms with Gasteiger partial charge in [0.25, 0.3) is 10.0 Å². The minimum Gasteiger partial charge on any atom is -0.276 e. The second-order valence-corrected chi connectivity index (χ2v) is 8.12. The molecule has 142 valence electrons. The normalized spacial score (nSPS) is 11.6. The van der Waals surface area contributed by atoms with Crippen LogP contribution in [-0.4, -0.2) is 23.2 Å². The van der Waals surface area contributed by atoms with Crippen LogP contribution in [-0.2, 0) is 16.6 Å². The summed E-state index contributed by atoms with van der Waals surface area (Å²) in [6.07, 6.45) is 4.36. The number of anilines is 1. The Morgan fingerprint density at radius 1 is 1.11 bits per heavy atom. The molecule has 28 heavy (non-hydrogen) atoms. The van der Waals surface area contributed by atoms with E-state index in [1.807, 2.05) is 0 Å². The van der Waals surface area contributed by atoms with Crippen LogP contribution in [0.4, 0.5) is 10.1 Å². The largest absolute Gasteiger partial charge is 0.276 e. The molecule has 0 radical (unpaired) electrons. The lowest BCUT2D eigenvalue weighted by atomic mass is 10.2. The van der Waals surface area contributed by atoms with Crippen LogP contribution in [0.15, 0.2) is 72.0 Å². The monoisotopic (exact) mass is 416 g/mol. The SMILES string of the molecule is O=S(=O)(Nc1cnn(Cc2c(F)cccc2Cl)c1)c1cccc2cccnc12. The Morgan fingerprint density at radius 3 is 2.71 bits per heavy atom. The number of pyridine rings is 1. The van der Waals surface area contributed by atoms with Crippen LogP contribution < -0.4 is 4.72 Å². The molecule has 0 aliphatic heterocycles. The highest BCUT2D eigenvalue weighted by molar-refractivity contribution is 7.93. The Balaban J connectivity index is 1.61. The molecule has 0 atom stereocenters. The predicted octanol–water partition coefficient (Wildman–Crippen LogP) is 4.07. The maximum atomic E-state index is 13.9. The van der Waals surface area contributed by atoms with E-state index in [1.165, 1.54) is 41.5 Å². The lowest BCUT2D eigenvalue weighted by molar-refractivity contribution is 0.585. The van der Waals surface area contributed by atoms with Gasteiger partial charge in [-0.1, -0.05) is 35.9 Å². The van der Waals surface area contributed by atoms with E-state index in [4.69, 9.17) is 11.6 Å². The van der Waals surface area contributed by atoms with Crippen molar-refractivity contribution in [3.8, 4) is 0 Å². The zero-order valence-corrected chi connectivity index (χ0v) is 16.0. The van der Waals surface area contributed by atoms with Crippen molar-refractivity contribution < 1.29 is 12.8 Å². The molecule has 1 N–H and O–H groups in total. The maximum Gasteiger partial charge on any atom is 0.264 e.